The van der Waals surface area contributed by atoms with Gasteiger partial charge in [0.2, 0.25) is 11.8 Å². The van der Waals surface area contributed by atoms with Gasteiger partial charge in [0.05, 0.1) is 13.2 Å². The predicted octanol–water partition coefficient (Wildman–Crippen LogP) is 2.91. The van der Waals surface area contributed by atoms with Crippen LogP contribution in [0.3, 0.4) is 0 Å². The molecule has 0 spiro atoms. The zero-order chi connectivity index (χ0) is 30.6. The first kappa shape index (κ1) is 39.1. The summed E-state index contributed by atoms with van der Waals surface area (Å²) >= 11 is 1.47. The maximum atomic E-state index is 13.3. The molecule has 234 valence electrons. The maximum Gasteiger partial charge on any atom is 0.333 e. The first-order chi connectivity index (χ1) is 19.6. The third-order valence-corrected chi connectivity index (χ3v) is 6.37. The number of esters is 2. The number of rotatable bonds is 15. The molecule has 2 rings (SSSR count). The normalized spacial score (nSPS) is 12.3. The molecule has 0 radical (unpaired) electrons. The second-order valence-electron chi connectivity index (χ2n) is 8.86. The molecule has 2 amide bonds. The van der Waals surface area contributed by atoms with Crippen molar-refractivity contribution in [2.45, 2.75) is 50.6 Å². The van der Waals surface area contributed by atoms with E-state index < -0.39 is 52.7 Å². The fourth-order valence-corrected chi connectivity index (χ4v) is 4.38. The summed E-state index contributed by atoms with van der Waals surface area (Å²) in [6.07, 6.45) is 3.29. The van der Waals surface area contributed by atoms with Crippen LogP contribution < -0.4 is 16.4 Å². The van der Waals surface area contributed by atoms with Crippen molar-refractivity contribution in [3.05, 3.63) is 71.8 Å². The molecular weight excluding hydrogens is 602 g/mol. The van der Waals surface area contributed by atoms with Gasteiger partial charge in [0.15, 0.2) is 6.04 Å². The number of nitrogens with two attached hydrogens (primary N) is 1. The van der Waals surface area contributed by atoms with E-state index in [1.165, 1.54) is 11.8 Å². The molecule has 0 saturated carbocycles. The predicted molar refractivity (Wildman–Crippen MR) is 170 cm³/mol. The number of hydrogen-bond acceptors (Lipinski definition) is 9. The summed E-state index contributed by atoms with van der Waals surface area (Å²) in [5, 5.41) is 5.46. The molecule has 0 aliphatic heterocycles. The van der Waals surface area contributed by atoms with Gasteiger partial charge < -0.3 is 25.8 Å². The van der Waals surface area contributed by atoms with E-state index in [0.717, 1.165) is 5.56 Å². The minimum absolute atomic E-state index is 0. The second kappa shape index (κ2) is 22.6. The summed E-state index contributed by atoms with van der Waals surface area (Å²) in [4.78, 5) is 50.3. The Balaban J connectivity index is 0.00000315. The minimum Gasteiger partial charge on any atom is -0.465 e. The molecule has 4 N–H and O–H groups in total. The number of thioether (sulfide) groups is 1. The van der Waals surface area contributed by atoms with Crippen molar-refractivity contribution in [2.24, 2.45) is 5.73 Å². The Hall–Kier alpha value is -2.93. The fraction of sp³-hybridized carbons (Fsp3) is 0.448. The van der Waals surface area contributed by atoms with E-state index in [4.69, 9.17) is 15.2 Å². The molecule has 0 fully saturated rings. The zero-order valence-electron chi connectivity index (χ0n) is 24.4. The molecular formula is C29H42ClN3O7S2. The number of ether oxygens (including phenoxy) is 2. The highest BCUT2D eigenvalue weighted by Gasteiger charge is 2.29. The number of hydrogen-bond donors (Lipinski definition) is 3. The molecule has 0 aromatic heterocycles. The molecule has 0 saturated heterocycles. The highest BCUT2D eigenvalue weighted by atomic mass is 35.5. The van der Waals surface area contributed by atoms with E-state index in [1.54, 1.807) is 56.7 Å². The van der Waals surface area contributed by atoms with Crippen LogP contribution in [-0.4, -0.2) is 71.5 Å². The van der Waals surface area contributed by atoms with Gasteiger partial charge in [-0.05, 0) is 31.4 Å². The number of carbonyl (C=O) groups excluding carboxylic acids is 4. The quantitative estimate of drug-likeness (QED) is 0.249. The van der Waals surface area contributed by atoms with Gasteiger partial charge >= 0.3 is 11.9 Å². The third kappa shape index (κ3) is 16.5. The van der Waals surface area contributed by atoms with Gasteiger partial charge in [0, 0.05) is 41.2 Å². The monoisotopic (exact) mass is 643 g/mol. The van der Waals surface area contributed by atoms with E-state index in [2.05, 4.69) is 10.6 Å². The molecule has 0 aliphatic rings. The molecule has 0 heterocycles. The Labute approximate surface area is 261 Å². The topological polar surface area (TPSA) is 154 Å². The first-order valence-electron chi connectivity index (χ1n) is 13.2. The Kier molecular flexibility index (Phi) is 21.1. The number of carbonyl (C=O) groups is 4. The number of halogens is 1. The first-order valence-corrected chi connectivity index (χ1v) is 16.3. The summed E-state index contributed by atoms with van der Waals surface area (Å²) in [7, 11) is -0.611. The van der Waals surface area contributed by atoms with Crippen LogP contribution in [0.4, 0.5) is 0 Å². The lowest BCUT2D eigenvalue weighted by atomic mass is 10.1. The van der Waals surface area contributed by atoms with Gasteiger partial charge in [-0.25, -0.2) is 4.79 Å². The van der Waals surface area contributed by atoms with Crippen molar-refractivity contribution in [2.75, 3.05) is 31.5 Å². The van der Waals surface area contributed by atoms with Gasteiger partial charge in [0.25, 0.3) is 0 Å². The van der Waals surface area contributed by atoms with Gasteiger partial charge in [-0.2, -0.15) is 11.8 Å². The van der Waals surface area contributed by atoms with Crippen molar-refractivity contribution < 1.29 is 32.9 Å². The average molecular weight is 644 g/mol. The van der Waals surface area contributed by atoms with E-state index in [1.807, 2.05) is 30.3 Å². The van der Waals surface area contributed by atoms with E-state index >= 15 is 0 Å². The maximum absolute atomic E-state index is 13.3. The second-order valence-corrected chi connectivity index (χ2v) is 11.4. The lowest BCUT2D eigenvalue weighted by molar-refractivity contribution is -0.147. The van der Waals surface area contributed by atoms with Crippen molar-refractivity contribution >= 4 is 58.7 Å². The molecule has 0 unspecified atom stereocenters. The smallest absolute Gasteiger partial charge is 0.333 e. The van der Waals surface area contributed by atoms with Crippen molar-refractivity contribution in [1.29, 1.82) is 0 Å². The highest BCUT2D eigenvalue weighted by molar-refractivity contribution is 7.98. The molecule has 0 aliphatic carbocycles. The summed E-state index contributed by atoms with van der Waals surface area (Å²) in [5.74, 6) is -1.24. The Bertz CT molecular complexity index is 1110. The van der Waals surface area contributed by atoms with Crippen LogP contribution in [-0.2, 0) is 45.2 Å². The van der Waals surface area contributed by atoms with Gasteiger partial charge in [-0.15, -0.1) is 12.4 Å². The summed E-state index contributed by atoms with van der Waals surface area (Å²) in [5.41, 5.74) is 7.43. The average Bonchev–Trinajstić information content (AvgIpc) is 2.95. The number of benzene rings is 2. The number of amides is 2. The Morgan fingerprint density at radius 3 is 1.95 bits per heavy atom. The fourth-order valence-electron chi connectivity index (χ4n) is 3.36. The van der Waals surface area contributed by atoms with Crippen molar-refractivity contribution in [3.63, 3.8) is 0 Å². The van der Waals surface area contributed by atoms with Gasteiger partial charge in [0.1, 0.15) is 12.1 Å². The van der Waals surface area contributed by atoms with Crippen LogP contribution in [0.15, 0.2) is 60.7 Å². The number of nitrogens with one attached hydrogen (secondary N) is 2. The lowest BCUT2D eigenvalue weighted by Crippen LogP contribution is -2.50. The summed E-state index contributed by atoms with van der Waals surface area (Å²) in [6.45, 7) is 3.72. The minimum atomic E-state index is -1.02. The van der Waals surface area contributed by atoms with Crippen LogP contribution in [0.25, 0.3) is 0 Å². The van der Waals surface area contributed by atoms with Gasteiger partial charge in [-0.1, -0.05) is 60.7 Å². The molecule has 0 bridgehead atoms. The Morgan fingerprint density at radius 1 is 0.881 bits per heavy atom. The zero-order valence-corrected chi connectivity index (χ0v) is 26.9. The van der Waals surface area contributed by atoms with Gasteiger partial charge in [-0.3, -0.25) is 18.6 Å². The lowest BCUT2D eigenvalue weighted by Gasteiger charge is -2.23. The van der Waals surface area contributed by atoms with Crippen LogP contribution in [0.1, 0.15) is 43.9 Å². The molecule has 10 nitrogen and oxygen atoms in total. The van der Waals surface area contributed by atoms with E-state index in [0.29, 0.717) is 11.3 Å². The van der Waals surface area contributed by atoms with Crippen molar-refractivity contribution in [3.8, 4) is 0 Å². The molecule has 2 aromatic rings. The van der Waals surface area contributed by atoms with E-state index in [9.17, 15) is 23.4 Å². The summed E-state index contributed by atoms with van der Waals surface area (Å²) in [6, 6.07) is 15.6. The SMILES string of the molecule is CCOC(=O)[C@@H](N)CCC(=O)N[C@@H](CSCc1ccccc1)C(=O)N[C@@H](C(=O)OCC)c1ccccc1.CS(C)=O.Cl. The Morgan fingerprint density at radius 2 is 1.40 bits per heavy atom. The van der Waals surface area contributed by atoms with Crippen molar-refractivity contribution in [1.82, 2.24) is 10.6 Å². The molecule has 42 heavy (non-hydrogen) atoms. The van der Waals surface area contributed by atoms with Crippen LogP contribution >= 0.6 is 24.2 Å². The molecule has 2 aromatic carbocycles. The summed E-state index contributed by atoms with van der Waals surface area (Å²) < 4.78 is 19.6. The van der Waals surface area contributed by atoms with Crippen LogP contribution in [0.5, 0.6) is 0 Å². The van der Waals surface area contributed by atoms with E-state index in [-0.39, 0.29) is 44.2 Å². The standard InChI is InChI=1S/C27H35N3O6S.C2H6OS.ClH/c1-3-35-26(33)21(28)15-16-23(31)29-22(18-37-17-19-11-7-5-8-12-19)25(32)30-24(27(34)36-4-2)20-13-9-6-10-14-20;1-4(2)3;/h5-14,21-22,24H,3-4,15-18,28H2,1-2H3,(H,29,31)(H,30,32);1-2H3;1H/t21-,22-,24+;;/m0../s1. The van der Waals surface area contributed by atoms with Crippen LogP contribution in [0, 0.1) is 0 Å². The molecule has 13 heteroatoms. The van der Waals surface area contributed by atoms with Crippen LogP contribution in [0.2, 0.25) is 0 Å². The molecule has 3 atom stereocenters. The third-order valence-electron chi connectivity index (χ3n) is 5.26. The highest BCUT2D eigenvalue weighted by Crippen LogP contribution is 2.17. The largest absolute Gasteiger partial charge is 0.465 e.